The smallest absolute Gasteiger partial charge is 0.407 e. The standard InChI is InChI=1S/C24H28N6O3/c1-15-6-5-7-18(12-15)28-21-19(20(25)31)14-26-22(30-21)29-17-10-8-16(9-11-17)13-27-23(32)33-24(2,3)4/h5-12,14H,13H2,1-4H3,(H2,25,31)(H,27,32)(H2,26,28,29,30). The Kier molecular flexibility index (Phi) is 7.12. The first kappa shape index (κ1) is 23.5. The average Bonchev–Trinajstić information content (AvgIpc) is 2.72. The molecule has 0 fully saturated rings. The number of carbonyl (C=O) groups excluding carboxylic acids is 2. The van der Waals surface area contributed by atoms with Crippen LogP contribution in [-0.2, 0) is 11.3 Å². The summed E-state index contributed by atoms with van der Waals surface area (Å²) in [6, 6.07) is 15.1. The summed E-state index contributed by atoms with van der Waals surface area (Å²) in [6.45, 7) is 7.75. The SMILES string of the molecule is Cc1cccc(Nc2nc(Nc3ccc(CNC(=O)OC(C)(C)C)cc3)ncc2C(N)=O)c1. The van der Waals surface area contributed by atoms with Crippen molar-refractivity contribution in [1.29, 1.82) is 0 Å². The molecule has 2 amide bonds. The number of nitrogens with zero attached hydrogens (tertiary/aromatic N) is 2. The number of carbonyl (C=O) groups is 2. The van der Waals surface area contributed by atoms with E-state index < -0.39 is 17.6 Å². The van der Waals surface area contributed by atoms with E-state index in [4.69, 9.17) is 10.5 Å². The van der Waals surface area contributed by atoms with Gasteiger partial charge < -0.3 is 26.4 Å². The van der Waals surface area contributed by atoms with Crippen LogP contribution >= 0.6 is 0 Å². The minimum Gasteiger partial charge on any atom is -0.444 e. The van der Waals surface area contributed by atoms with Gasteiger partial charge in [-0.2, -0.15) is 4.98 Å². The Balaban J connectivity index is 1.69. The predicted molar refractivity (Wildman–Crippen MR) is 128 cm³/mol. The molecule has 9 nitrogen and oxygen atoms in total. The molecule has 1 heterocycles. The highest BCUT2D eigenvalue weighted by atomic mass is 16.6. The van der Waals surface area contributed by atoms with Gasteiger partial charge in [0.1, 0.15) is 17.0 Å². The van der Waals surface area contributed by atoms with Gasteiger partial charge in [0.05, 0.1) is 0 Å². The molecule has 5 N–H and O–H groups in total. The van der Waals surface area contributed by atoms with Crippen molar-refractivity contribution >= 4 is 35.1 Å². The molecule has 3 aromatic rings. The molecule has 172 valence electrons. The molecule has 0 aliphatic rings. The van der Waals surface area contributed by atoms with Crippen molar-refractivity contribution in [2.45, 2.75) is 39.8 Å². The lowest BCUT2D eigenvalue weighted by Crippen LogP contribution is -2.32. The highest BCUT2D eigenvalue weighted by molar-refractivity contribution is 5.98. The normalized spacial score (nSPS) is 10.9. The fraction of sp³-hybridized carbons (Fsp3) is 0.250. The Morgan fingerprint density at radius 3 is 2.39 bits per heavy atom. The summed E-state index contributed by atoms with van der Waals surface area (Å²) in [4.78, 5) is 32.2. The molecule has 0 radical (unpaired) electrons. The summed E-state index contributed by atoms with van der Waals surface area (Å²) >= 11 is 0. The Morgan fingerprint density at radius 2 is 1.76 bits per heavy atom. The molecule has 1 aromatic heterocycles. The second-order valence-electron chi connectivity index (χ2n) is 8.49. The molecular weight excluding hydrogens is 420 g/mol. The summed E-state index contributed by atoms with van der Waals surface area (Å²) in [5.41, 5.74) is 8.61. The van der Waals surface area contributed by atoms with Gasteiger partial charge in [-0.3, -0.25) is 4.79 Å². The second kappa shape index (κ2) is 9.99. The van der Waals surface area contributed by atoms with Crippen molar-refractivity contribution in [1.82, 2.24) is 15.3 Å². The number of primary amides is 1. The largest absolute Gasteiger partial charge is 0.444 e. The van der Waals surface area contributed by atoms with Gasteiger partial charge in [0.15, 0.2) is 0 Å². The number of alkyl carbamates (subject to hydrolysis) is 1. The van der Waals surface area contributed by atoms with Crippen LogP contribution in [-0.4, -0.2) is 27.6 Å². The van der Waals surface area contributed by atoms with E-state index in [1.165, 1.54) is 6.20 Å². The monoisotopic (exact) mass is 448 g/mol. The summed E-state index contributed by atoms with van der Waals surface area (Å²) in [6.07, 6.45) is 0.913. The van der Waals surface area contributed by atoms with Gasteiger partial charge in [-0.15, -0.1) is 0 Å². The van der Waals surface area contributed by atoms with Crippen molar-refractivity contribution in [3.05, 3.63) is 71.4 Å². The van der Waals surface area contributed by atoms with Crippen molar-refractivity contribution in [3.63, 3.8) is 0 Å². The van der Waals surface area contributed by atoms with E-state index in [2.05, 4.69) is 25.9 Å². The number of hydrogen-bond acceptors (Lipinski definition) is 7. The summed E-state index contributed by atoms with van der Waals surface area (Å²) < 4.78 is 5.23. The van der Waals surface area contributed by atoms with Crippen molar-refractivity contribution < 1.29 is 14.3 Å². The Hall–Kier alpha value is -4.14. The fourth-order valence-corrected chi connectivity index (χ4v) is 2.90. The zero-order valence-corrected chi connectivity index (χ0v) is 19.1. The first-order valence-corrected chi connectivity index (χ1v) is 10.4. The molecule has 0 unspecified atom stereocenters. The van der Waals surface area contributed by atoms with Crippen molar-refractivity contribution in [2.24, 2.45) is 5.73 Å². The van der Waals surface area contributed by atoms with Crippen LogP contribution in [0.3, 0.4) is 0 Å². The number of aryl methyl sites for hydroxylation is 1. The molecule has 0 bridgehead atoms. The number of nitrogens with two attached hydrogens (primary N) is 1. The number of rotatable bonds is 7. The maximum Gasteiger partial charge on any atom is 0.407 e. The third kappa shape index (κ3) is 7.20. The van der Waals surface area contributed by atoms with Crippen LogP contribution in [0.4, 0.5) is 27.9 Å². The molecule has 0 spiro atoms. The molecular formula is C24H28N6O3. The zero-order valence-electron chi connectivity index (χ0n) is 19.1. The molecule has 3 rings (SSSR count). The minimum atomic E-state index is -0.626. The van der Waals surface area contributed by atoms with Crippen molar-refractivity contribution in [2.75, 3.05) is 10.6 Å². The predicted octanol–water partition coefficient (Wildman–Crippen LogP) is 4.40. The van der Waals surface area contributed by atoms with Crippen LogP contribution in [0, 0.1) is 6.92 Å². The van der Waals surface area contributed by atoms with Crippen LogP contribution in [0.25, 0.3) is 0 Å². The highest BCUT2D eigenvalue weighted by Crippen LogP contribution is 2.22. The van der Waals surface area contributed by atoms with Gasteiger partial charge in [-0.05, 0) is 63.1 Å². The molecule has 0 aliphatic carbocycles. The summed E-state index contributed by atoms with van der Waals surface area (Å²) in [7, 11) is 0. The van der Waals surface area contributed by atoms with E-state index in [0.717, 1.165) is 22.5 Å². The molecule has 2 aromatic carbocycles. The number of ether oxygens (including phenoxy) is 1. The van der Waals surface area contributed by atoms with Gasteiger partial charge in [-0.1, -0.05) is 24.3 Å². The highest BCUT2D eigenvalue weighted by Gasteiger charge is 2.16. The van der Waals surface area contributed by atoms with Crippen LogP contribution in [0.15, 0.2) is 54.7 Å². The van der Waals surface area contributed by atoms with E-state index in [-0.39, 0.29) is 5.56 Å². The van der Waals surface area contributed by atoms with E-state index in [0.29, 0.717) is 18.3 Å². The van der Waals surface area contributed by atoms with Gasteiger partial charge in [0, 0.05) is 24.1 Å². The Morgan fingerprint density at radius 1 is 1.03 bits per heavy atom. The quantitative estimate of drug-likeness (QED) is 0.421. The average molecular weight is 449 g/mol. The second-order valence-corrected chi connectivity index (χ2v) is 8.49. The minimum absolute atomic E-state index is 0.186. The third-order valence-corrected chi connectivity index (χ3v) is 4.38. The third-order valence-electron chi connectivity index (χ3n) is 4.38. The number of amides is 2. The fourth-order valence-electron chi connectivity index (χ4n) is 2.90. The molecule has 9 heteroatoms. The topological polar surface area (TPSA) is 131 Å². The van der Waals surface area contributed by atoms with E-state index in [1.807, 2.05) is 76.2 Å². The van der Waals surface area contributed by atoms with Gasteiger partial charge >= 0.3 is 6.09 Å². The molecule has 33 heavy (non-hydrogen) atoms. The maximum atomic E-state index is 11.8. The van der Waals surface area contributed by atoms with Crippen molar-refractivity contribution in [3.8, 4) is 0 Å². The van der Waals surface area contributed by atoms with Crippen LogP contribution < -0.4 is 21.7 Å². The number of anilines is 4. The lowest BCUT2D eigenvalue weighted by Gasteiger charge is -2.19. The van der Waals surface area contributed by atoms with Gasteiger partial charge in [0.25, 0.3) is 5.91 Å². The first-order valence-electron chi connectivity index (χ1n) is 10.4. The first-order chi connectivity index (χ1) is 15.6. The van der Waals surface area contributed by atoms with E-state index in [1.54, 1.807) is 0 Å². The lowest BCUT2D eigenvalue weighted by molar-refractivity contribution is 0.0523. The number of benzene rings is 2. The van der Waals surface area contributed by atoms with Crippen LogP contribution in [0.2, 0.25) is 0 Å². The number of hydrogen-bond donors (Lipinski definition) is 4. The lowest BCUT2D eigenvalue weighted by atomic mass is 10.2. The maximum absolute atomic E-state index is 11.8. The molecule has 0 saturated carbocycles. The Bertz CT molecular complexity index is 1140. The van der Waals surface area contributed by atoms with Gasteiger partial charge in [-0.25, -0.2) is 9.78 Å². The van der Waals surface area contributed by atoms with Crippen LogP contribution in [0.5, 0.6) is 0 Å². The summed E-state index contributed by atoms with van der Waals surface area (Å²) in [5, 5.41) is 8.95. The Labute approximate surface area is 192 Å². The van der Waals surface area contributed by atoms with E-state index in [9.17, 15) is 9.59 Å². The molecule has 0 atom stereocenters. The number of aromatic nitrogens is 2. The zero-order chi connectivity index (χ0) is 24.0. The summed E-state index contributed by atoms with van der Waals surface area (Å²) in [5.74, 6) is -0.0166. The molecule has 0 saturated heterocycles. The van der Waals surface area contributed by atoms with Gasteiger partial charge in [0.2, 0.25) is 5.95 Å². The van der Waals surface area contributed by atoms with E-state index >= 15 is 0 Å². The molecule has 0 aliphatic heterocycles. The number of nitrogens with one attached hydrogen (secondary N) is 3. The van der Waals surface area contributed by atoms with Crippen LogP contribution in [0.1, 0.15) is 42.3 Å².